The Balaban J connectivity index is 2.02. The molecule has 0 radical (unpaired) electrons. The van der Waals surface area contributed by atoms with Gasteiger partial charge in [0.05, 0.1) is 26.8 Å². The maximum Gasteiger partial charge on any atom is 0.416 e. The van der Waals surface area contributed by atoms with Crippen LogP contribution in [0.3, 0.4) is 0 Å². The van der Waals surface area contributed by atoms with Gasteiger partial charge in [0.2, 0.25) is 0 Å². The highest BCUT2D eigenvalue weighted by atomic mass is 35.5. The summed E-state index contributed by atoms with van der Waals surface area (Å²) < 4.78 is 81.4. The number of amides is 1. The number of carbonyl (C=O) groups excluding carboxylic acids is 2. The fraction of sp³-hybridized carbons (Fsp3) is 0.263. The molecule has 8 nitrogen and oxygen atoms in total. The molecule has 1 amide bonds. The number of alkyl halides is 6. The van der Waals surface area contributed by atoms with E-state index in [2.05, 4.69) is 5.32 Å². The predicted molar refractivity (Wildman–Crippen MR) is 107 cm³/mol. The molecule has 2 aromatic rings. The van der Waals surface area contributed by atoms with E-state index in [1.807, 2.05) is 5.32 Å². The summed E-state index contributed by atoms with van der Waals surface area (Å²) in [6, 6.07) is 2.45. The van der Waals surface area contributed by atoms with Gasteiger partial charge >= 0.3 is 18.3 Å². The van der Waals surface area contributed by atoms with Crippen molar-refractivity contribution in [2.75, 3.05) is 17.2 Å². The molecule has 1 unspecified atom stereocenters. The van der Waals surface area contributed by atoms with Crippen LogP contribution in [-0.2, 0) is 26.7 Å². The Labute approximate surface area is 192 Å². The molecule has 0 saturated heterocycles. The van der Waals surface area contributed by atoms with Crippen LogP contribution in [0.15, 0.2) is 36.4 Å². The van der Waals surface area contributed by atoms with Gasteiger partial charge < -0.3 is 15.4 Å². The smallest absolute Gasteiger partial charge is 0.416 e. The minimum atomic E-state index is -4.83. The largest absolute Gasteiger partial charge is 0.454 e. The van der Waals surface area contributed by atoms with E-state index in [4.69, 9.17) is 16.3 Å². The van der Waals surface area contributed by atoms with Gasteiger partial charge in [0.15, 0.2) is 6.61 Å². The highest BCUT2D eigenvalue weighted by Gasteiger charge is 2.34. The summed E-state index contributed by atoms with van der Waals surface area (Å²) in [5, 5.41) is 15.3. The Morgan fingerprint density at radius 3 is 2.15 bits per heavy atom. The zero-order valence-electron chi connectivity index (χ0n) is 16.9. The van der Waals surface area contributed by atoms with Gasteiger partial charge in [-0.3, -0.25) is 14.9 Å². The van der Waals surface area contributed by atoms with Crippen LogP contribution in [0, 0.1) is 10.1 Å². The molecule has 0 aliphatic rings. The summed E-state index contributed by atoms with van der Waals surface area (Å²) in [4.78, 5) is 34.0. The van der Waals surface area contributed by atoms with E-state index in [-0.39, 0.29) is 16.8 Å². The van der Waals surface area contributed by atoms with Crippen LogP contribution >= 0.6 is 11.6 Å². The summed E-state index contributed by atoms with van der Waals surface area (Å²) >= 11 is 5.75. The lowest BCUT2D eigenvalue weighted by Crippen LogP contribution is -2.31. The number of nitrogens with zero attached hydrogens (tertiary/aromatic N) is 1. The summed E-state index contributed by atoms with van der Waals surface area (Å²) in [5.74, 6) is -2.17. The summed E-state index contributed by atoms with van der Waals surface area (Å²) in [6.07, 6.45) is -9.53. The van der Waals surface area contributed by atoms with Crippen LogP contribution in [0.2, 0.25) is 5.02 Å². The molecule has 2 N–H and O–H groups in total. The molecular formula is C19H14ClF6N3O5. The molecule has 184 valence electrons. The molecule has 2 aromatic carbocycles. The number of nitro groups is 1. The Kier molecular flexibility index (Phi) is 7.97. The monoisotopic (exact) mass is 513 g/mol. The van der Waals surface area contributed by atoms with Gasteiger partial charge in [-0.1, -0.05) is 11.6 Å². The van der Waals surface area contributed by atoms with Crippen molar-refractivity contribution in [3.63, 3.8) is 0 Å². The molecule has 0 aliphatic carbocycles. The lowest BCUT2D eigenvalue weighted by Gasteiger charge is -2.16. The van der Waals surface area contributed by atoms with E-state index in [1.165, 1.54) is 0 Å². The second-order valence-electron chi connectivity index (χ2n) is 6.70. The van der Waals surface area contributed by atoms with Gasteiger partial charge in [-0.15, -0.1) is 0 Å². The third kappa shape index (κ3) is 6.97. The highest BCUT2D eigenvalue weighted by Crippen LogP contribution is 2.35. The number of rotatable bonds is 7. The fourth-order valence-corrected chi connectivity index (χ4v) is 2.68. The maximum atomic E-state index is 12.8. The maximum absolute atomic E-state index is 12.8. The van der Waals surface area contributed by atoms with E-state index >= 15 is 0 Å². The average molecular weight is 514 g/mol. The Hall–Kier alpha value is -3.55. The number of anilines is 2. The van der Waals surface area contributed by atoms with E-state index in [0.717, 1.165) is 19.1 Å². The molecule has 2 rings (SSSR count). The second kappa shape index (κ2) is 10.2. The quantitative estimate of drug-likeness (QED) is 0.226. The molecule has 0 aromatic heterocycles. The standard InChI is InChI=1S/C19H14ClF6N3O5/c1-9(27-13-5-3-11(19(24,25)26)7-15(13)29(32)33)17(31)34-8-16(30)28-14-6-10(18(21,22)23)2-4-12(14)20/h2-7,9,27H,8H2,1H3,(H,28,30). The number of halogens is 7. The number of hydrogen-bond donors (Lipinski definition) is 2. The van der Waals surface area contributed by atoms with Crippen LogP contribution < -0.4 is 10.6 Å². The summed E-state index contributed by atoms with van der Waals surface area (Å²) in [7, 11) is 0. The van der Waals surface area contributed by atoms with E-state index in [0.29, 0.717) is 18.2 Å². The molecule has 0 fully saturated rings. The minimum Gasteiger partial charge on any atom is -0.454 e. The number of hydrogen-bond acceptors (Lipinski definition) is 6. The first-order chi connectivity index (χ1) is 15.6. The predicted octanol–water partition coefficient (Wildman–Crippen LogP) is 5.27. The normalized spacial score (nSPS) is 12.6. The molecule has 0 heterocycles. The van der Waals surface area contributed by atoms with Gasteiger partial charge in [-0.05, 0) is 37.3 Å². The van der Waals surface area contributed by atoms with Gasteiger partial charge in [0, 0.05) is 6.07 Å². The fourth-order valence-electron chi connectivity index (χ4n) is 2.52. The zero-order chi connectivity index (χ0) is 25.8. The number of nitro benzene ring substituents is 1. The van der Waals surface area contributed by atoms with Crippen molar-refractivity contribution in [3.8, 4) is 0 Å². The van der Waals surface area contributed by atoms with Crippen molar-refractivity contribution in [1.29, 1.82) is 0 Å². The molecule has 1 atom stereocenters. The van der Waals surface area contributed by atoms with Crippen LogP contribution in [0.1, 0.15) is 18.1 Å². The van der Waals surface area contributed by atoms with Crippen LogP contribution in [0.4, 0.5) is 43.4 Å². The van der Waals surface area contributed by atoms with Crippen molar-refractivity contribution >= 4 is 40.5 Å². The molecule has 15 heteroatoms. The summed E-state index contributed by atoms with van der Waals surface area (Å²) in [5.41, 5.74) is -4.11. The molecule has 0 spiro atoms. The van der Waals surface area contributed by atoms with Gasteiger partial charge in [0.1, 0.15) is 11.7 Å². The first-order valence-corrected chi connectivity index (χ1v) is 9.42. The van der Waals surface area contributed by atoms with Crippen LogP contribution in [-0.4, -0.2) is 29.4 Å². The van der Waals surface area contributed by atoms with Crippen molar-refractivity contribution in [2.24, 2.45) is 0 Å². The van der Waals surface area contributed by atoms with Gasteiger partial charge in [0.25, 0.3) is 11.6 Å². The second-order valence-corrected chi connectivity index (χ2v) is 7.11. The van der Waals surface area contributed by atoms with E-state index in [1.54, 1.807) is 0 Å². The number of esters is 1. The van der Waals surface area contributed by atoms with Gasteiger partial charge in [-0.2, -0.15) is 26.3 Å². The summed E-state index contributed by atoms with van der Waals surface area (Å²) in [6.45, 7) is 0.206. The SMILES string of the molecule is CC(Nc1ccc(C(F)(F)F)cc1[N+](=O)[O-])C(=O)OCC(=O)Nc1cc(C(F)(F)F)ccc1Cl. The average Bonchev–Trinajstić information content (AvgIpc) is 2.72. The lowest BCUT2D eigenvalue weighted by molar-refractivity contribution is -0.384. The third-order valence-corrected chi connectivity index (χ3v) is 4.49. The Morgan fingerprint density at radius 2 is 1.59 bits per heavy atom. The first kappa shape index (κ1) is 26.7. The molecule has 0 bridgehead atoms. The van der Waals surface area contributed by atoms with Crippen molar-refractivity contribution in [2.45, 2.75) is 25.3 Å². The van der Waals surface area contributed by atoms with E-state index in [9.17, 15) is 46.0 Å². The van der Waals surface area contributed by atoms with Crippen molar-refractivity contribution in [1.82, 2.24) is 0 Å². The molecule has 0 saturated carbocycles. The van der Waals surface area contributed by atoms with Gasteiger partial charge in [-0.25, -0.2) is 4.79 Å². The zero-order valence-corrected chi connectivity index (χ0v) is 17.6. The number of benzene rings is 2. The van der Waals surface area contributed by atoms with Crippen molar-refractivity contribution in [3.05, 3.63) is 62.7 Å². The van der Waals surface area contributed by atoms with Crippen LogP contribution in [0.25, 0.3) is 0 Å². The molecule has 0 aliphatic heterocycles. The highest BCUT2D eigenvalue weighted by molar-refractivity contribution is 6.33. The first-order valence-electron chi connectivity index (χ1n) is 9.05. The third-order valence-electron chi connectivity index (χ3n) is 4.16. The topological polar surface area (TPSA) is 111 Å². The number of nitrogens with one attached hydrogen (secondary N) is 2. The number of carbonyl (C=O) groups is 2. The Morgan fingerprint density at radius 1 is 1.03 bits per heavy atom. The number of ether oxygens (including phenoxy) is 1. The molecule has 34 heavy (non-hydrogen) atoms. The minimum absolute atomic E-state index is 0.211. The lowest BCUT2D eigenvalue weighted by atomic mass is 10.1. The van der Waals surface area contributed by atoms with Crippen LogP contribution in [0.5, 0.6) is 0 Å². The van der Waals surface area contributed by atoms with E-state index < -0.39 is 64.3 Å². The Bertz CT molecular complexity index is 1110. The molecular weight excluding hydrogens is 500 g/mol. The van der Waals surface area contributed by atoms with Crippen molar-refractivity contribution < 1.29 is 45.6 Å².